The Labute approximate surface area is 71.6 Å². The first kappa shape index (κ1) is 10.6. The summed E-state index contributed by atoms with van der Waals surface area (Å²) in [4.78, 5) is 17.4. The Hall–Kier alpha value is 0.619. The Bertz CT molecular complexity index is 130. The van der Waals surface area contributed by atoms with Gasteiger partial charge in [-0.25, -0.2) is 0 Å². The molecule has 0 spiro atoms. The molecular weight excluding hydrogens is 255 g/mol. The van der Waals surface area contributed by atoms with E-state index in [4.69, 9.17) is 0 Å². The van der Waals surface area contributed by atoms with Crippen molar-refractivity contribution in [1.82, 2.24) is 0 Å². The Morgan fingerprint density at radius 1 is 1.50 bits per heavy atom. The van der Waals surface area contributed by atoms with Crippen LogP contribution in [0.5, 0.6) is 0 Å². The third kappa shape index (κ3) is 3.14. The molecule has 0 heterocycles. The van der Waals surface area contributed by atoms with E-state index in [0.29, 0.717) is 0 Å². The average molecular weight is 269 g/mol. The van der Waals surface area contributed by atoms with Gasteiger partial charge in [0, 0.05) is 0 Å². The summed E-state index contributed by atoms with van der Waals surface area (Å²) in [5.74, 6) is -0.174. The van der Waals surface area contributed by atoms with E-state index in [0.717, 1.165) is 0 Å². The molecule has 10 heavy (non-hydrogen) atoms. The molecule has 0 aliphatic carbocycles. The number of rotatable bonds is 2. The van der Waals surface area contributed by atoms with Crippen molar-refractivity contribution in [3.63, 3.8) is 0 Å². The second-order valence-corrected chi connectivity index (χ2v) is 20.3. The topological polar surface area (TPSA) is 26.3 Å². The van der Waals surface area contributed by atoms with Crippen LogP contribution in [-0.4, -0.2) is 34.7 Å². The van der Waals surface area contributed by atoms with Crippen molar-refractivity contribution >= 4 is 37.0 Å². The minimum atomic E-state index is -2.13. The summed E-state index contributed by atoms with van der Waals surface area (Å²) in [5.41, 5.74) is 0. The van der Waals surface area contributed by atoms with E-state index in [2.05, 4.69) is 32.2 Å². The van der Waals surface area contributed by atoms with Gasteiger partial charge in [0.25, 0.3) is 0 Å². The van der Waals surface area contributed by atoms with Gasteiger partial charge in [-0.1, -0.05) is 0 Å². The third-order valence-electron chi connectivity index (χ3n) is 1.24. The fourth-order valence-electron chi connectivity index (χ4n) is 0.465. The van der Waals surface area contributed by atoms with Crippen LogP contribution in [0.4, 0.5) is 0 Å². The molecule has 0 bridgehead atoms. The molecule has 0 aromatic carbocycles. The molecule has 0 aromatic rings. The zero-order valence-electron chi connectivity index (χ0n) is 6.84. The molecule has 0 rings (SSSR count). The SMILES string of the molecule is COC(=O)[CH](S)[Sn]([CH3])([CH3])[CH3]. The fraction of sp³-hybridized carbons (Fsp3) is 0.833. The number of ether oxygens (including phenoxy) is 1. The molecule has 0 saturated carbocycles. The van der Waals surface area contributed by atoms with Gasteiger partial charge in [-0.3, -0.25) is 0 Å². The van der Waals surface area contributed by atoms with Crippen LogP contribution < -0.4 is 0 Å². The van der Waals surface area contributed by atoms with E-state index in [1.807, 2.05) is 0 Å². The van der Waals surface area contributed by atoms with Gasteiger partial charge in [-0.15, -0.1) is 0 Å². The molecule has 4 heteroatoms. The van der Waals surface area contributed by atoms with Gasteiger partial charge in [-0.05, 0) is 0 Å². The Morgan fingerprint density at radius 2 is 1.90 bits per heavy atom. The van der Waals surface area contributed by atoms with Gasteiger partial charge in [0.2, 0.25) is 0 Å². The van der Waals surface area contributed by atoms with Crippen LogP contribution in [0.2, 0.25) is 14.8 Å². The molecule has 0 aromatic heterocycles. The van der Waals surface area contributed by atoms with Gasteiger partial charge in [0.1, 0.15) is 0 Å². The summed E-state index contributed by atoms with van der Waals surface area (Å²) in [6, 6.07) is 0. The molecule has 1 atom stereocenters. The standard InChI is InChI=1S/C3H5O2S.3CH3.Sn/c1-5-3(4)2-6;;;;/h2,6H,1H3;3*1H3;. The second kappa shape index (κ2) is 3.85. The van der Waals surface area contributed by atoms with E-state index >= 15 is 0 Å². The molecule has 0 N–H and O–H groups in total. The molecule has 0 fully saturated rings. The van der Waals surface area contributed by atoms with Crippen LogP contribution in [0, 0.1) is 0 Å². The maximum atomic E-state index is 10.9. The minimum absolute atomic E-state index is 0.126. The zero-order valence-corrected chi connectivity index (χ0v) is 10.6. The molecule has 0 saturated heterocycles. The first-order valence-corrected chi connectivity index (χ1v) is 13.9. The first-order chi connectivity index (χ1) is 4.39. The van der Waals surface area contributed by atoms with E-state index in [9.17, 15) is 4.79 Å². The van der Waals surface area contributed by atoms with E-state index in [1.165, 1.54) is 7.11 Å². The van der Waals surface area contributed by atoms with Crippen LogP contribution >= 0.6 is 12.6 Å². The van der Waals surface area contributed by atoms with Gasteiger partial charge in [-0.2, -0.15) is 0 Å². The number of carbonyl (C=O) groups excluding carboxylic acids is 1. The molecule has 2 nitrogen and oxygen atoms in total. The van der Waals surface area contributed by atoms with Crippen molar-refractivity contribution in [2.75, 3.05) is 7.11 Å². The summed E-state index contributed by atoms with van der Waals surface area (Å²) in [6.45, 7) is 0. The Balaban J connectivity index is 4.08. The number of carbonyl (C=O) groups is 1. The van der Waals surface area contributed by atoms with Gasteiger partial charge >= 0.3 is 71.7 Å². The van der Waals surface area contributed by atoms with Gasteiger partial charge in [0.05, 0.1) is 0 Å². The quantitative estimate of drug-likeness (QED) is 0.465. The Morgan fingerprint density at radius 3 is 2.00 bits per heavy atom. The van der Waals surface area contributed by atoms with Crippen molar-refractivity contribution in [2.24, 2.45) is 0 Å². The number of esters is 1. The van der Waals surface area contributed by atoms with Crippen molar-refractivity contribution in [3.05, 3.63) is 0 Å². The second-order valence-electron chi connectivity index (χ2n) is 3.29. The normalized spacial score (nSPS) is 14.5. The number of hydrogen-bond acceptors (Lipinski definition) is 3. The van der Waals surface area contributed by atoms with Gasteiger partial charge in [0.15, 0.2) is 0 Å². The summed E-state index contributed by atoms with van der Waals surface area (Å²) >= 11 is 2.07. The zero-order chi connectivity index (χ0) is 8.36. The molecular formula is C6H14O2SSn. The van der Waals surface area contributed by atoms with E-state index < -0.39 is 18.4 Å². The van der Waals surface area contributed by atoms with Crippen LogP contribution in [0.25, 0.3) is 0 Å². The first-order valence-electron chi connectivity index (χ1n) is 3.15. The number of methoxy groups -OCH3 is 1. The fourth-order valence-corrected chi connectivity index (χ4v) is 2.93. The van der Waals surface area contributed by atoms with Crippen molar-refractivity contribution in [1.29, 1.82) is 0 Å². The van der Waals surface area contributed by atoms with Crippen LogP contribution in [0.3, 0.4) is 0 Å². The van der Waals surface area contributed by atoms with Crippen molar-refractivity contribution in [3.8, 4) is 0 Å². The van der Waals surface area contributed by atoms with Crippen LogP contribution in [0.15, 0.2) is 0 Å². The van der Waals surface area contributed by atoms with Crippen LogP contribution in [-0.2, 0) is 9.53 Å². The van der Waals surface area contributed by atoms with Crippen molar-refractivity contribution < 1.29 is 9.53 Å². The predicted octanol–water partition coefficient (Wildman–Crippen LogP) is 1.34. The van der Waals surface area contributed by atoms with E-state index in [1.54, 1.807) is 0 Å². The van der Waals surface area contributed by atoms with E-state index in [-0.39, 0.29) is 9.24 Å². The predicted molar refractivity (Wildman–Crippen MR) is 48.1 cm³/mol. The Kier molecular flexibility index (Phi) is 4.09. The monoisotopic (exact) mass is 270 g/mol. The molecule has 0 aliphatic rings. The number of thiol groups is 1. The summed E-state index contributed by atoms with van der Waals surface area (Å²) in [6.07, 6.45) is 0. The van der Waals surface area contributed by atoms with Crippen molar-refractivity contribution in [2.45, 2.75) is 18.1 Å². The maximum absolute atomic E-state index is 10.9. The number of hydrogen-bond donors (Lipinski definition) is 1. The molecule has 0 amide bonds. The van der Waals surface area contributed by atoms with Gasteiger partial charge < -0.3 is 0 Å². The summed E-state index contributed by atoms with van der Waals surface area (Å²) < 4.78 is 4.45. The summed E-state index contributed by atoms with van der Waals surface area (Å²) in [7, 11) is 1.41. The molecule has 0 radical (unpaired) electrons. The average Bonchev–Trinajstić information content (AvgIpc) is 1.83. The molecule has 1 unspecified atom stereocenters. The van der Waals surface area contributed by atoms with Crippen LogP contribution in [0.1, 0.15) is 0 Å². The molecule has 0 aliphatic heterocycles. The molecule has 60 valence electrons. The third-order valence-corrected chi connectivity index (χ3v) is 12.0. The summed E-state index contributed by atoms with van der Waals surface area (Å²) in [5, 5.41) is 0.